The van der Waals surface area contributed by atoms with E-state index in [1.54, 1.807) is 31.2 Å². The van der Waals surface area contributed by atoms with Crippen molar-refractivity contribution >= 4 is 0 Å². The molecule has 0 saturated carbocycles. The molecule has 0 fully saturated rings. The Hall–Kier alpha value is -4.18. The first-order chi connectivity index (χ1) is 16.1. The van der Waals surface area contributed by atoms with E-state index in [-0.39, 0.29) is 11.1 Å². The molecule has 0 bridgehead atoms. The maximum Gasteiger partial charge on any atom is 0.160 e. The Labute approximate surface area is 191 Å². The molecular weight excluding hydrogens is 414 g/mol. The summed E-state index contributed by atoms with van der Waals surface area (Å²) in [6.45, 7) is 1.80. The Balaban J connectivity index is 1.69. The second-order valence-corrected chi connectivity index (χ2v) is 7.87. The summed E-state index contributed by atoms with van der Waals surface area (Å²) < 4.78 is 29.4. The van der Waals surface area contributed by atoms with Gasteiger partial charge in [0.2, 0.25) is 0 Å². The average Bonchev–Trinajstić information content (AvgIpc) is 2.85. The minimum atomic E-state index is -0.484. The van der Waals surface area contributed by atoms with E-state index >= 15 is 0 Å². The Morgan fingerprint density at radius 3 is 1.82 bits per heavy atom. The Morgan fingerprint density at radius 2 is 1.15 bits per heavy atom. The highest BCUT2D eigenvalue weighted by Gasteiger charge is 2.15. The fourth-order valence-electron chi connectivity index (χ4n) is 3.80. The molecule has 0 radical (unpaired) electrons. The van der Waals surface area contributed by atoms with Crippen LogP contribution in [0.1, 0.15) is 5.56 Å². The highest BCUT2D eigenvalue weighted by atomic mass is 19.1. The molecule has 0 unspecified atom stereocenters. The highest BCUT2D eigenvalue weighted by molar-refractivity contribution is 5.76. The van der Waals surface area contributed by atoms with Gasteiger partial charge in [-0.1, -0.05) is 72.8 Å². The minimum Gasteiger partial charge on any atom is -0.228 e. The van der Waals surface area contributed by atoms with Gasteiger partial charge in [-0.15, -0.1) is 0 Å². The summed E-state index contributed by atoms with van der Waals surface area (Å²) in [4.78, 5) is 9.55. The zero-order valence-electron chi connectivity index (χ0n) is 18.0. The third-order valence-corrected chi connectivity index (χ3v) is 5.50. The number of hydrogen-bond acceptors (Lipinski definition) is 2. The van der Waals surface area contributed by atoms with Crippen LogP contribution in [0.25, 0.3) is 45.0 Å². The third-order valence-electron chi connectivity index (χ3n) is 5.50. The first kappa shape index (κ1) is 20.7. The van der Waals surface area contributed by atoms with Crippen LogP contribution in [-0.2, 0) is 0 Å². The van der Waals surface area contributed by atoms with E-state index < -0.39 is 11.6 Å². The summed E-state index contributed by atoms with van der Waals surface area (Å²) in [6, 6.07) is 30.9. The topological polar surface area (TPSA) is 25.8 Å². The van der Waals surface area contributed by atoms with Gasteiger partial charge < -0.3 is 0 Å². The molecular formula is C29H20F2N2. The fourth-order valence-corrected chi connectivity index (χ4v) is 3.80. The van der Waals surface area contributed by atoms with Gasteiger partial charge in [0.15, 0.2) is 5.82 Å². The quantitative estimate of drug-likeness (QED) is 0.289. The smallest absolute Gasteiger partial charge is 0.160 e. The lowest BCUT2D eigenvalue weighted by Gasteiger charge is -2.11. The van der Waals surface area contributed by atoms with Gasteiger partial charge in [0.25, 0.3) is 0 Å². The van der Waals surface area contributed by atoms with Gasteiger partial charge in [0.1, 0.15) is 11.6 Å². The summed E-state index contributed by atoms with van der Waals surface area (Å²) in [6.07, 6.45) is 0. The molecule has 4 heteroatoms. The molecule has 0 N–H and O–H groups in total. The maximum absolute atomic E-state index is 14.7. The Morgan fingerprint density at radius 1 is 0.515 bits per heavy atom. The minimum absolute atomic E-state index is 0.200. The van der Waals surface area contributed by atoms with Crippen molar-refractivity contribution in [1.82, 2.24) is 9.97 Å². The zero-order chi connectivity index (χ0) is 22.8. The van der Waals surface area contributed by atoms with Crippen LogP contribution >= 0.6 is 0 Å². The van der Waals surface area contributed by atoms with Gasteiger partial charge in [-0.2, -0.15) is 0 Å². The molecule has 1 aromatic heterocycles. The van der Waals surface area contributed by atoms with Crippen molar-refractivity contribution < 1.29 is 8.78 Å². The van der Waals surface area contributed by atoms with Gasteiger partial charge in [-0.05, 0) is 42.8 Å². The van der Waals surface area contributed by atoms with Crippen LogP contribution in [0.5, 0.6) is 0 Å². The molecule has 0 aliphatic rings. The monoisotopic (exact) mass is 434 g/mol. The number of aryl methyl sites for hydroxylation is 1. The Bertz CT molecular complexity index is 1370. The fraction of sp³-hybridized carbons (Fsp3) is 0.0345. The van der Waals surface area contributed by atoms with Crippen molar-refractivity contribution in [3.8, 4) is 45.0 Å². The summed E-state index contributed by atoms with van der Waals surface area (Å²) in [5.74, 6) is -0.370. The van der Waals surface area contributed by atoms with Gasteiger partial charge in [0, 0.05) is 27.8 Å². The molecule has 0 amide bonds. The van der Waals surface area contributed by atoms with Crippen LogP contribution in [0.15, 0.2) is 103 Å². The van der Waals surface area contributed by atoms with Gasteiger partial charge in [0.05, 0.1) is 11.4 Å². The number of benzene rings is 4. The van der Waals surface area contributed by atoms with E-state index in [1.165, 1.54) is 12.1 Å². The first-order valence-corrected chi connectivity index (χ1v) is 10.6. The van der Waals surface area contributed by atoms with Crippen LogP contribution in [-0.4, -0.2) is 9.97 Å². The van der Waals surface area contributed by atoms with E-state index in [1.807, 2.05) is 66.7 Å². The lowest BCUT2D eigenvalue weighted by molar-refractivity contribution is 0.616. The zero-order valence-corrected chi connectivity index (χ0v) is 18.0. The predicted molar refractivity (Wildman–Crippen MR) is 128 cm³/mol. The van der Waals surface area contributed by atoms with Crippen LogP contribution in [0.4, 0.5) is 8.78 Å². The predicted octanol–water partition coefficient (Wildman–Crippen LogP) is 7.73. The molecule has 5 aromatic rings. The largest absolute Gasteiger partial charge is 0.228 e. The van der Waals surface area contributed by atoms with Crippen molar-refractivity contribution in [2.45, 2.75) is 6.92 Å². The summed E-state index contributed by atoms with van der Waals surface area (Å²) in [5.41, 5.74) is 5.11. The number of aromatic nitrogens is 2. The van der Waals surface area contributed by atoms with Crippen molar-refractivity contribution in [2.75, 3.05) is 0 Å². The third kappa shape index (κ3) is 4.28. The molecule has 4 aromatic carbocycles. The van der Waals surface area contributed by atoms with E-state index in [2.05, 4.69) is 0 Å². The van der Waals surface area contributed by atoms with Crippen LogP contribution in [0.2, 0.25) is 0 Å². The van der Waals surface area contributed by atoms with Crippen molar-refractivity contribution in [1.29, 1.82) is 0 Å². The summed E-state index contributed by atoms with van der Waals surface area (Å²) >= 11 is 0. The second kappa shape index (κ2) is 8.75. The molecule has 5 rings (SSSR count). The van der Waals surface area contributed by atoms with Gasteiger partial charge >= 0.3 is 0 Å². The second-order valence-electron chi connectivity index (χ2n) is 7.87. The molecule has 0 aliphatic heterocycles. The molecule has 160 valence electrons. The van der Waals surface area contributed by atoms with Crippen molar-refractivity contribution in [2.24, 2.45) is 0 Å². The Kier molecular flexibility index (Phi) is 5.49. The average molecular weight is 434 g/mol. The summed E-state index contributed by atoms with van der Waals surface area (Å²) in [5, 5.41) is 0. The lowest BCUT2D eigenvalue weighted by atomic mass is 9.98. The molecule has 33 heavy (non-hydrogen) atoms. The van der Waals surface area contributed by atoms with E-state index in [0.29, 0.717) is 17.1 Å². The van der Waals surface area contributed by atoms with Crippen LogP contribution < -0.4 is 0 Å². The molecule has 0 atom stereocenters. The van der Waals surface area contributed by atoms with Crippen LogP contribution in [0, 0.1) is 18.6 Å². The van der Waals surface area contributed by atoms with Gasteiger partial charge in [-0.3, -0.25) is 0 Å². The number of rotatable bonds is 4. The highest BCUT2D eigenvalue weighted by Crippen LogP contribution is 2.32. The molecule has 0 spiro atoms. The van der Waals surface area contributed by atoms with Crippen LogP contribution in [0.3, 0.4) is 0 Å². The van der Waals surface area contributed by atoms with E-state index in [4.69, 9.17) is 9.97 Å². The normalized spacial score (nSPS) is 10.9. The summed E-state index contributed by atoms with van der Waals surface area (Å²) in [7, 11) is 0. The SMILES string of the molecule is Cc1ccc(-c2cc(-c3cc(-c4ccccc4)nc(-c4ccccc4)n3)ccc2F)c(F)c1. The van der Waals surface area contributed by atoms with E-state index in [9.17, 15) is 8.78 Å². The number of nitrogens with zero attached hydrogens (tertiary/aromatic N) is 2. The molecule has 0 saturated heterocycles. The lowest BCUT2D eigenvalue weighted by Crippen LogP contribution is -1.97. The number of halogens is 2. The number of hydrogen-bond donors (Lipinski definition) is 0. The molecule has 0 aliphatic carbocycles. The first-order valence-electron chi connectivity index (χ1n) is 10.6. The van der Waals surface area contributed by atoms with Crippen molar-refractivity contribution in [3.05, 3.63) is 120 Å². The van der Waals surface area contributed by atoms with E-state index in [0.717, 1.165) is 22.4 Å². The molecule has 1 heterocycles. The van der Waals surface area contributed by atoms with Gasteiger partial charge in [-0.25, -0.2) is 18.7 Å². The maximum atomic E-state index is 14.7. The molecule has 2 nitrogen and oxygen atoms in total. The van der Waals surface area contributed by atoms with Crippen molar-refractivity contribution in [3.63, 3.8) is 0 Å². The standard InChI is InChI=1S/C29H20F2N2/c1-19-12-14-23(26(31)16-19)24-17-22(13-15-25(24)30)28-18-27(20-8-4-2-5-9-20)32-29(33-28)21-10-6-3-7-11-21/h2-18H,1H3.